The number of aromatic nitrogens is 2. The predicted molar refractivity (Wildman–Crippen MR) is 90.0 cm³/mol. The molecular weight excluding hydrogens is 312 g/mol. The van der Waals surface area contributed by atoms with E-state index in [1.165, 1.54) is 23.9 Å². The molecule has 2 rings (SSSR count). The van der Waals surface area contributed by atoms with Crippen LogP contribution in [0.5, 0.6) is 0 Å². The molecule has 8 heteroatoms. The number of morpholine rings is 1. The third-order valence-electron chi connectivity index (χ3n) is 4.78. The first-order valence-electron chi connectivity index (χ1n) is 8.23. The van der Waals surface area contributed by atoms with Gasteiger partial charge in [0.1, 0.15) is 6.54 Å². The van der Waals surface area contributed by atoms with Crippen molar-refractivity contribution in [3.8, 4) is 0 Å². The van der Waals surface area contributed by atoms with Gasteiger partial charge in [0.15, 0.2) is 0 Å². The van der Waals surface area contributed by atoms with Crippen LogP contribution in [0.4, 0.5) is 0 Å². The van der Waals surface area contributed by atoms with Gasteiger partial charge in [0.2, 0.25) is 5.91 Å². The Morgan fingerprint density at radius 2 is 2.00 bits per heavy atom. The van der Waals surface area contributed by atoms with Gasteiger partial charge < -0.3 is 10.1 Å². The number of nitrogens with one attached hydrogen (secondary N) is 1. The minimum absolute atomic E-state index is 0.101. The zero-order valence-corrected chi connectivity index (χ0v) is 14.6. The predicted octanol–water partition coefficient (Wildman–Crippen LogP) is -0.836. The highest BCUT2D eigenvalue weighted by Crippen LogP contribution is 2.19. The zero-order valence-electron chi connectivity index (χ0n) is 14.6. The lowest BCUT2D eigenvalue weighted by Gasteiger charge is -2.43. The minimum atomic E-state index is -0.496. The summed E-state index contributed by atoms with van der Waals surface area (Å²) in [4.78, 5) is 37.9. The van der Waals surface area contributed by atoms with Crippen molar-refractivity contribution in [2.24, 2.45) is 7.05 Å². The number of nitrogens with zero attached hydrogens (tertiary/aromatic N) is 3. The summed E-state index contributed by atoms with van der Waals surface area (Å²) in [7, 11) is 1.39. The van der Waals surface area contributed by atoms with Gasteiger partial charge in [-0.15, -0.1) is 0 Å². The van der Waals surface area contributed by atoms with Gasteiger partial charge >= 0.3 is 5.69 Å². The topological polar surface area (TPSA) is 85.6 Å². The first kappa shape index (κ1) is 18.4. The lowest BCUT2D eigenvalue weighted by molar-refractivity contribution is -0.122. The lowest BCUT2D eigenvalue weighted by atomic mass is 9.95. The maximum absolute atomic E-state index is 12.2. The lowest BCUT2D eigenvalue weighted by Crippen LogP contribution is -2.57. The van der Waals surface area contributed by atoms with Gasteiger partial charge in [-0.1, -0.05) is 6.92 Å². The smallest absolute Gasteiger partial charge is 0.331 e. The highest BCUT2D eigenvalue weighted by atomic mass is 16.5. The quantitative estimate of drug-likeness (QED) is 0.731. The summed E-state index contributed by atoms with van der Waals surface area (Å²) in [5, 5.41) is 2.91. The number of amides is 1. The summed E-state index contributed by atoms with van der Waals surface area (Å²) < 4.78 is 7.60. The SMILES string of the molecule is CC[C@](C)(CNC(=O)Cn1ccc(=O)n(C)c1=O)N1CCOCC1. The average molecular weight is 338 g/mol. The molecule has 0 aromatic carbocycles. The van der Waals surface area contributed by atoms with Crippen molar-refractivity contribution < 1.29 is 9.53 Å². The van der Waals surface area contributed by atoms with Gasteiger partial charge in [-0.25, -0.2) is 4.79 Å². The van der Waals surface area contributed by atoms with Crippen molar-refractivity contribution in [3.05, 3.63) is 33.1 Å². The molecule has 1 N–H and O–H groups in total. The molecule has 0 radical (unpaired) electrons. The van der Waals surface area contributed by atoms with E-state index in [1.807, 2.05) is 0 Å². The summed E-state index contributed by atoms with van der Waals surface area (Å²) >= 11 is 0. The van der Waals surface area contributed by atoms with Crippen LogP contribution in [0.2, 0.25) is 0 Å². The first-order valence-corrected chi connectivity index (χ1v) is 8.23. The summed E-state index contributed by atoms with van der Waals surface area (Å²) in [5.41, 5.74) is -1.03. The van der Waals surface area contributed by atoms with Crippen molar-refractivity contribution in [1.29, 1.82) is 0 Å². The van der Waals surface area contributed by atoms with Gasteiger partial charge in [-0.05, 0) is 13.3 Å². The number of carbonyl (C=O) groups excluding carboxylic acids is 1. The van der Waals surface area contributed by atoms with Crippen molar-refractivity contribution >= 4 is 5.91 Å². The summed E-state index contributed by atoms with van der Waals surface area (Å²) in [5.74, 6) is -0.247. The van der Waals surface area contributed by atoms with Crippen LogP contribution in [0.1, 0.15) is 20.3 Å². The molecule has 0 unspecified atom stereocenters. The molecule has 1 fully saturated rings. The Hall–Kier alpha value is -1.93. The van der Waals surface area contributed by atoms with Gasteiger partial charge in [-0.3, -0.25) is 23.6 Å². The van der Waals surface area contributed by atoms with E-state index in [2.05, 4.69) is 24.1 Å². The Kier molecular flexibility index (Phi) is 5.95. The number of hydrogen-bond acceptors (Lipinski definition) is 5. The van der Waals surface area contributed by atoms with Gasteiger partial charge in [0, 0.05) is 44.5 Å². The van der Waals surface area contributed by atoms with Crippen molar-refractivity contribution in [2.45, 2.75) is 32.4 Å². The van der Waals surface area contributed by atoms with Crippen LogP contribution >= 0.6 is 0 Å². The highest BCUT2D eigenvalue weighted by Gasteiger charge is 2.31. The second-order valence-electron chi connectivity index (χ2n) is 6.35. The number of rotatable bonds is 6. The third kappa shape index (κ3) is 4.12. The van der Waals surface area contributed by atoms with E-state index in [1.54, 1.807) is 0 Å². The van der Waals surface area contributed by atoms with Crippen LogP contribution in [0, 0.1) is 0 Å². The van der Waals surface area contributed by atoms with E-state index >= 15 is 0 Å². The van der Waals surface area contributed by atoms with Crippen LogP contribution < -0.4 is 16.6 Å². The van der Waals surface area contributed by atoms with Crippen LogP contribution in [-0.2, 0) is 23.1 Å². The Labute approximate surface area is 141 Å². The monoisotopic (exact) mass is 338 g/mol. The first-order chi connectivity index (χ1) is 11.4. The minimum Gasteiger partial charge on any atom is -0.379 e. The molecule has 24 heavy (non-hydrogen) atoms. The molecule has 0 bridgehead atoms. The summed E-state index contributed by atoms with van der Waals surface area (Å²) in [6, 6.07) is 1.28. The van der Waals surface area contributed by atoms with Gasteiger partial charge in [-0.2, -0.15) is 0 Å². The van der Waals surface area contributed by atoms with E-state index in [4.69, 9.17) is 4.74 Å². The molecule has 1 aromatic rings. The molecule has 1 aliphatic heterocycles. The summed E-state index contributed by atoms with van der Waals surface area (Å²) in [6.07, 6.45) is 2.25. The second kappa shape index (κ2) is 7.76. The highest BCUT2D eigenvalue weighted by molar-refractivity contribution is 5.75. The van der Waals surface area contributed by atoms with E-state index in [0.717, 1.165) is 24.1 Å². The molecule has 1 atom stereocenters. The Morgan fingerprint density at radius 1 is 1.33 bits per heavy atom. The molecule has 8 nitrogen and oxygen atoms in total. The fourth-order valence-electron chi connectivity index (χ4n) is 2.80. The summed E-state index contributed by atoms with van der Waals surface area (Å²) in [6.45, 7) is 7.73. The number of ether oxygens (including phenoxy) is 1. The largest absolute Gasteiger partial charge is 0.379 e. The van der Waals surface area contributed by atoms with Crippen molar-refractivity contribution in [2.75, 3.05) is 32.8 Å². The molecular formula is C16H26N4O4. The van der Waals surface area contributed by atoms with Gasteiger partial charge in [0.25, 0.3) is 5.56 Å². The average Bonchev–Trinajstić information content (AvgIpc) is 2.61. The normalized spacial score (nSPS) is 18.1. The molecule has 2 heterocycles. The molecule has 1 aromatic heterocycles. The van der Waals surface area contributed by atoms with Crippen LogP contribution in [-0.4, -0.2) is 58.3 Å². The number of carbonyl (C=O) groups is 1. The Morgan fingerprint density at radius 3 is 2.62 bits per heavy atom. The van der Waals surface area contributed by atoms with Crippen LogP contribution in [0.25, 0.3) is 0 Å². The zero-order chi connectivity index (χ0) is 17.7. The van der Waals surface area contributed by atoms with E-state index in [0.29, 0.717) is 19.8 Å². The Bertz CT molecular complexity index is 690. The molecule has 1 saturated heterocycles. The third-order valence-corrected chi connectivity index (χ3v) is 4.78. The maximum Gasteiger partial charge on any atom is 0.331 e. The molecule has 1 aliphatic rings. The standard InChI is InChI=1S/C16H26N4O4/c1-4-16(2,20-7-9-24-10-8-20)12-17-13(21)11-19-6-5-14(22)18(3)15(19)23/h5-6H,4,7-12H2,1-3H3,(H,17,21)/t16-/m1/s1. The van der Waals surface area contributed by atoms with Gasteiger partial charge in [0.05, 0.1) is 13.2 Å². The van der Waals surface area contributed by atoms with Crippen molar-refractivity contribution in [1.82, 2.24) is 19.4 Å². The Balaban J connectivity index is 1.98. The second-order valence-corrected chi connectivity index (χ2v) is 6.35. The maximum atomic E-state index is 12.2. The fraction of sp³-hybridized carbons (Fsp3) is 0.688. The van der Waals surface area contributed by atoms with Crippen molar-refractivity contribution in [3.63, 3.8) is 0 Å². The molecule has 0 spiro atoms. The van der Waals surface area contributed by atoms with E-state index < -0.39 is 5.69 Å². The molecule has 0 aliphatic carbocycles. The van der Waals surface area contributed by atoms with E-state index in [9.17, 15) is 14.4 Å². The van der Waals surface area contributed by atoms with Crippen LogP contribution in [0.15, 0.2) is 21.9 Å². The number of hydrogen-bond donors (Lipinski definition) is 1. The molecule has 134 valence electrons. The fourth-order valence-corrected chi connectivity index (χ4v) is 2.80. The molecule has 0 saturated carbocycles. The van der Waals surface area contributed by atoms with Crippen LogP contribution in [0.3, 0.4) is 0 Å². The molecule has 1 amide bonds. The van der Waals surface area contributed by atoms with E-state index in [-0.39, 0.29) is 23.6 Å².